The lowest BCUT2D eigenvalue weighted by atomic mass is 9.80. The topological polar surface area (TPSA) is 68.3 Å². The molecule has 1 heterocycles. The van der Waals surface area contributed by atoms with Crippen molar-refractivity contribution < 1.29 is 14.3 Å². The number of benzene rings is 4. The molecule has 0 bridgehead atoms. The number of fused-ring (bicyclic) bond motifs is 1. The quantitative estimate of drug-likeness (QED) is 0.235. The van der Waals surface area contributed by atoms with E-state index in [1.165, 1.54) is 0 Å². The molecule has 0 fully saturated rings. The second kappa shape index (κ2) is 10.9. The number of ether oxygens (including phenoxy) is 1. The Morgan fingerprint density at radius 3 is 2.23 bits per heavy atom. The van der Waals surface area contributed by atoms with E-state index in [0.29, 0.717) is 22.5 Å². The molecule has 0 saturated carbocycles. The van der Waals surface area contributed by atoms with Crippen LogP contribution in [0, 0.1) is 0 Å². The van der Waals surface area contributed by atoms with E-state index in [1.807, 2.05) is 84.9 Å². The molecular formula is C34H30N2O3. The lowest BCUT2D eigenvalue weighted by Gasteiger charge is -2.24. The molecule has 39 heavy (non-hydrogen) atoms. The van der Waals surface area contributed by atoms with Gasteiger partial charge in [0.05, 0.1) is 16.6 Å². The van der Waals surface area contributed by atoms with Crippen LogP contribution in [0.15, 0.2) is 109 Å². The molecule has 1 aromatic heterocycles. The molecule has 5 nitrogen and oxygen atoms in total. The third kappa shape index (κ3) is 5.88. The lowest BCUT2D eigenvalue weighted by molar-refractivity contribution is 0.0473. The van der Waals surface area contributed by atoms with Crippen molar-refractivity contribution in [2.45, 2.75) is 32.8 Å². The summed E-state index contributed by atoms with van der Waals surface area (Å²) in [4.78, 5) is 31.0. The number of carbonyl (C=O) groups is 2. The highest BCUT2D eigenvalue weighted by atomic mass is 16.5. The first kappa shape index (κ1) is 25.9. The van der Waals surface area contributed by atoms with Gasteiger partial charge in [0.1, 0.15) is 12.4 Å². The molecule has 0 radical (unpaired) electrons. The van der Waals surface area contributed by atoms with Gasteiger partial charge in [-0.1, -0.05) is 99.6 Å². The van der Waals surface area contributed by atoms with Gasteiger partial charge in [0.25, 0.3) is 5.91 Å². The number of nitrogens with zero attached hydrogens (tertiary/aromatic N) is 1. The summed E-state index contributed by atoms with van der Waals surface area (Å²) in [5, 5.41) is 3.79. The molecule has 1 N–H and O–H groups in total. The SMILES string of the molecule is CC(C)(C)c1cccc(-c2ccccc2)c1C(=O)Nc1ccc2cc(C(=O)OCc3ccccc3)ccc2n1. The maximum atomic E-state index is 13.7. The average molecular weight is 515 g/mol. The van der Waals surface area contributed by atoms with Crippen LogP contribution in [0.3, 0.4) is 0 Å². The van der Waals surface area contributed by atoms with E-state index in [0.717, 1.165) is 27.6 Å². The minimum absolute atomic E-state index is 0.210. The zero-order chi connectivity index (χ0) is 27.4. The number of rotatable bonds is 6. The van der Waals surface area contributed by atoms with Crippen LogP contribution in [-0.4, -0.2) is 16.9 Å². The maximum Gasteiger partial charge on any atom is 0.338 e. The van der Waals surface area contributed by atoms with Crippen molar-refractivity contribution in [3.8, 4) is 11.1 Å². The standard InChI is InChI=1S/C34H30N2O3/c1-34(2,3)28-16-10-15-27(24-13-8-5-9-14-24)31(28)32(37)36-30-20-18-25-21-26(17-19-29(25)35-30)33(38)39-22-23-11-6-4-7-12-23/h4-21H,22H2,1-3H3,(H,35,36,37). The Bertz CT molecular complexity index is 1640. The minimum atomic E-state index is -0.398. The van der Waals surface area contributed by atoms with Crippen molar-refractivity contribution >= 4 is 28.6 Å². The summed E-state index contributed by atoms with van der Waals surface area (Å²) in [6, 6.07) is 34.3. The Hall–Kier alpha value is -4.77. The summed E-state index contributed by atoms with van der Waals surface area (Å²) in [5.41, 5.74) is 5.25. The number of nitrogens with one attached hydrogen (secondary N) is 1. The number of amides is 1. The Kier molecular flexibility index (Phi) is 7.24. The summed E-state index contributed by atoms with van der Waals surface area (Å²) in [6.07, 6.45) is 0. The fourth-order valence-corrected chi connectivity index (χ4v) is 4.59. The number of carbonyl (C=O) groups excluding carboxylic acids is 2. The van der Waals surface area contributed by atoms with Gasteiger partial charge in [-0.15, -0.1) is 0 Å². The van der Waals surface area contributed by atoms with Crippen molar-refractivity contribution in [2.24, 2.45) is 0 Å². The molecule has 0 atom stereocenters. The molecule has 4 aromatic carbocycles. The third-order valence-electron chi connectivity index (χ3n) is 6.56. The summed E-state index contributed by atoms with van der Waals surface area (Å²) in [7, 11) is 0. The van der Waals surface area contributed by atoms with Crippen molar-refractivity contribution in [1.82, 2.24) is 4.98 Å². The van der Waals surface area contributed by atoms with Gasteiger partial charge in [0.2, 0.25) is 0 Å². The van der Waals surface area contributed by atoms with Crippen molar-refractivity contribution in [3.63, 3.8) is 0 Å². The average Bonchev–Trinajstić information content (AvgIpc) is 2.95. The van der Waals surface area contributed by atoms with Crippen LogP contribution in [0.2, 0.25) is 0 Å². The van der Waals surface area contributed by atoms with Gasteiger partial charge in [-0.2, -0.15) is 0 Å². The number of anilines is 1. The zero-order valence-electron chi connectivity index (χ0n) is 22.3. The van der Waals surface area contributed by atoms with E-state index in [4.69, 9.17) is 4.74 Å². The van der Waals surface area contributed by atoms with E-state index in [1.54, 1.807) is 24.3 Å². The van der Waals surface area contributed by atoms with Crippen LogP contribution in [-0.2, 0) is 16.8 Å². The molecule has 194 valence electrons. The van der Waals surface area contributed by atoms with Gasteiger partial charge >= 0.3 is 5.97 Å². The van der Waals surface area contributed by atoms with Gasteiger partial charge in [0, 0.05) is 5.39 Å². The van der Waals surface area contributed by atoms with Crippen LogP contribution in [0.25, 0.3) is 22.0 Å². The predicted octanol–water partition coefficient (Wildman–Crippen LogP) is 7.81. The molecule has 5 aromatic rings. The molecule has 1 amide bonds. The summed E-state index contributed by atoms with van der Waals surface area (Å²) in [5.74, 6) is -0.174. The first-order chi connectivity index (χ1) is 18.8. The van der Waals surface area contributed by atoms with Gasteiger partial charge in [0.15, 0.2) is 0 Å². The van der Waals surface area contributed by atoms with E-state index in [9.17, 15) is 9.59 Å². The second-order valence-electron chi connectivity index (χ2n) is 10.5. The fraction of sp³-hybridized carbons (Fsp3) is 0.147. The van der Waals surface area contributed by atoms with Crippen molar-refractivity contribution in [2.75, 3.05) is 5.32 Å². The van der Waals surface area contributed by atoms with Crippen molar-refractivity contribution in [3.05, 3.63) is 131 Å². The lowest BCUT2D eigenvalue weighted by Crippen LogP contribution is -2.22. The highest BCUT2D eigenvalue weighted by Gasteiger charge is 2.25. The number of esters is 1. The van der Waals surface area contributed by atoms with Gasteiger partial charge in [-0.05, 0) is 58.0 Å². The van der Waals surface area contributed by atoms with Gasteiger partial charge in [-0.25, -0.2) is 9.78 Å². The van der Waals surface area contributed by atoms with Crippen LogP contribution >= 0.6 is 0 Å². The molecule has 0 aliphatic rings. The predicted molar refractivity (Wildman–Crippen MR) is 156 cm³/mol. The number of hydrogen-bond acceptors (Lipinski definition) is 4. The summed E-state index contributed by atoms with van der Waals surface area (Å²) < 4.78 is 5.46. The fourth-order valence-electron chi connectivity index (χ4n) is 4.59. The first-order valence-electron chi connectivity index (χ1n) is 12.9. The highest BCUT2D eigenvalue weighted by Crippen LogP contribution is 2.34. The molecule has 5 rings (SSSR count). The molecule has 0 aliphatic heterocycles. The third-order valence-corrected chi connectivity index (χ3v) is 6.56. The van der Waals surface area contributed by atoms with Crippen LogP contribution in [0.1, 0.15) is 52.6 Å². The zero-order valence-corrected chi connectivity index (χ0v) is 22.3. The molecular weight excluding hydrogens is 484 g/mol. The summed E-state index contributed by atoms with van der Waals surface area (Å²) in [6.45, 7) is 6.52. The molecule has 0 aliphatic carbocycles. The van der Waals surface area contributed by atoms with Gasteiger partial charge < -0.3 is 10.1 Å². The first-order valence-corrected chi connectivity index (χ1v) is 12.9. The van der Waals surface area contributed by atoms with E-state index in [-0.39, 0.29) is 17.9 Å². The second-order valence-corrected chi connectivity index (χ2v) is 10.5. The normalized spacial score (nSPS) is 11.3. The van der Waals surface area contributed by atoms with Crippen LogP contribution in [0.4, 0.5) is 5.82 Å². The maximum absolute atomic E-state index is 13.7. The van der Waals surface area contributed by atoms with Crippen LogP contribution < -0.4 is 5.32 Å². The van der Waals surface area contributed by atoms with E-state index in [2.05, 4.69) is 31.1 Å². The minimum Gasteiger partial charge on any atom is -0.457 e. The highest BCUT2D eigenvalue weighted by molar-refractivity contribution is 6.10. The van der Waals surface area contributed by atoms with Crippen LogP contribution in [0.5, 0.6) is 0 Å². The Labute approximate surface area is 228 Å². The molecule has 0 unspecified atom stereocenters. The molecule has 5 heteroatoms. The van der Waals surface area contributed by atoms with E-state index < -0.39 is 5.97 Å². The summed E-state index contributed by atoms with van der Waals surface area (Å²) >= 11 is 0. The largest absolute Gasteiger partial charge is 0.457 e. The molecule has 0 spiro atoms. The Morgan fingerprint density at radius 2 is 1.51 bits per heavy atom. The number of hydrogen-bond donors (Lipinski definition) is 1. The van der Waals surface area contributed by atoms with Gasteiger partial charge in [-0.3, -0.25) is 4.79 Å². The number of pyridine rings is 1. The Balaban J connectivity index is 1.39. The Morgan fingerprint density at radius 1 is 0.795 bits per heavy atom. The molecule has 0 saturated heterocycles. The monoisotopic (exact) mass is 514 g/mol. The van der Waals surface area contributed by atoms with E-state index >= 15 is 0 Å². The smallest absolute Gasteiger partial charge is 0.338 e. The van der Waals surface area contributed by atoms with Crippen molar-refractivity contribution in [1.29, 1.82) is 0 Å². The number of aromatic nitrogens is 1.